The smallest absolute Gasteiger partial charge is 0.263 e. The summed E-state index contributed by atoms with van der Waals surface area (Å²) in [5.41, 5.74) is 0.115. The van der Waals surface area contributed by atoms with E-state index in [-0.39, 0.29) is 0 Å². The Kier molecular flexibility index (Phi) is 3.46. The molecule has 1 aromatic heterocycles. The number of nitrogens with one attached hydrogen (secondary N) is 1. The summed E-state index contributed by atoms with van der Waals surface area (Å²) in [6.07, 6.45) is 0. The Hall–Kier alpha value is -2.86. The average molecular weight is 340 g/mol. The number of carbonyl (C=O) groups excluding carboxylic acids is 1. The molecule has 4 aromatic rings. The molecule has 3 aromatic carbocycles. The Balaban J connectivity index is 1.75. The van der Waals surface area contributed by atoms with Crippen LogP contribution in [0.15, 0.2) is 54.6 Å². The lowest BCUT2D eigenvalue weighted by atomic mass is 10.1. The van der Waals surface area contributed by atoms with Crippen LogP contribution in [0.5, 0.6) is 0 Å². The Labute approximate surface area is 139 Å². The SMILES string of the molecule is O=C(Nc1nc2ccc3ccccc3c2s1)c1c(F)cccc1F. The molecule has 0 unspecified atom stereocenters. The molecule has 24 heavy (non-hydrogen) atoms. The van der Waals surface area contributed by atoms with E-state index in [1.807, 2.05) is 36.4 Å². The number of fused-ring (bicyclic) bond motifs is 3. The number of carbonyl (C=O) groups is 1. The maximum absolute atomic E-state index is 13.7. The van der Waals surface area contributed by atoms with E-state index in [2.05, 4.69) is 10.3 Å². The number of aromatic nitrogens is 1. The molecule has 0 aliphatic heterocycles. The molecule has 4 rings (SSSR count). The van der Waals surface area contributed by atoms with Gasteiger partial charge < -0.3 is 0 Å². The Bertz CT molecular complexity index is 1070. The topological polar surface area (TPSA) is 42.0 Å². The average Bonchev–Trinajstić information content (AvgIpc) is 2.97. The molecule has 0 saturated heterocycles. The first kappa shape index (κ1) is 14.7. The summed E-state index contributed by atoms with van der Waals surface area (Å²) in [5.74, 6) is -2.66. The second kappa shape index (κ2) is 5.65. The number of thiazole rings is 1. The van der Waals surface area contributed by atoms with Crippen LogP contribution in [0.2, 0.25) is 0 Å². The van der Waals surface area contributed by atoms with Crippen LogP contribution in [-0.2, 0) is 0 Å². The summed E-state index contributed by atoms with van der Waals surface area (Å²) in [6, 6.07) is 14.9. The first-order chi connectivity index (χ1) is 11.6. The first-order valence-corrected chi connectivity index (χ1v) is 7.99. The summed E-state index contributed by atoms with van der Waals surface area (Å²) in [7, 11) is 0. The van der Waals surface area contributed by atoms with Gasteiger partial charge in [0.25, 0.3) is 5.91 Å². The van der Waals surface area contributed by atoms with Crippen molar-refractivity contribution in [2.24, 2.45) is 0 Å². The van der Waals surface area contributed by atoms with E-state index < -0.39 is 23.1 Å². The van der Waals surface area contributed by atoms with Crippen LogP contribution in [0.3, 0.4) is 0 Å². The summed E-state index contributed by atoms with van der Waals surface area (Å²) < 4.78 is 28.3. The monoisotopic (exact) mass is 340 g/mol. The maximum atomic E-state index is 13.7. The third kappa shape index (κ3) is 2.41. The first-order valence-electron chi connectivity index (χ1n) is 7.17. The molecule has 118 valence electrons. The van der Waals surface area contributed by atoms with E-state index in [0.717, 1.165) is 33.1 Å². The van der Waals surface area contributed by atoms with Crippen molar-refractivity contribution in [3.05, 3.63) is 71.8 Å². The van der Waals surface area contributed by atoms with E-state index in [9.17, 15) is 13.6 Å². The normalized spacial score (nSPS) is 11.1. The number of nitrogens with zero attached hydrogens (tertiary/aromatic N) is 1. The number of benzene rings is 3. The number of halogens is 2. The van der Waals surface area contributed by atoms with Gasteiger partial charge in [0.2, 0.25) is 0 Å². The number of anilines is 1. The lowest BCUT2D eigenvalue weighted by Gasteiger charge is -2.03. The summed E-state index contributed by atoms with van der Waals surface area (Å²) in [5, 5.41) is 4.86. The van der Waals surface area contributed by atoms with Gasteiger partial charge in [0.1, 0.15) is 17.2 Å². The molecule has 6 heteroatoms. The van der Waals surface area contributed by atoms with Gasteiger partial charge in [0.15, 0.2) is 5.13 Å². The van der Waals surface area contributed by atoms with Crippen LogP contribution in [0.4, 0.5) is 13.9 Å². The third-order valence-corrected chi connectivity index (χ3v) is 4.71. The third-order valence-electron chi connectivity index (χ3n) is 3.69. The van der Waals surface area contributed by atoms with Gasteiger partial charge in [-0.3, -0.25) is 10.1 Å². The van der Waals surface area contributed by atoms with Crippen molar-refractivity contribution < 1.29 is 13.6 Å². The van der Waals surface area contributed by atoms with Gasteiger partial charge in [-0.1, -0.05) is 47.7 Å². The molecule has 0 saturated carbocycles. The van der Waals surface area contributed by atoms with Crippen LogP contribution in [0, 0.1) is 11.6 Å². The van der Waals surface area contributed by atoms with Gasteiger partial charge in [0.05, 0.1) is 10.2 Å². The largest absolute Gasteiger partial charge is 0.298 e. The van der Waals surface area contributed by atoms with Crippen molar-refractivity contribution in [3.63, 3.8) is 0 Å². The fourth-order valence-corrected chi connectivity index (χ4v) is 3.58. The predicted molar refractivity (Wildman–Crippen MR) is 91.4 cm³/mol. The molecule has 1 N–H and O–H groups in total. The molecule has 0 radical (unpaired) electrons. The number of hydrogen-bond acceptors (Lipinski definition) is 3. The fourth-order valence-electron chi connectivity index (χ4n) is 2.58. The molecule has 0 fully saturated rings. The van der Waals surface area contributed by atoms with Gasteiger partial charge in [-0.25, -0.2) is 13.8 Å². The Morgan fingerprint density at radius 3 is 2.50 bits per heavy atom. The second-order valence-electron chi connectivity index (χ2n) is 5.20. The summed E-state index contributed by atoms with van der Waals surface area (Å²) >= 11 is 1.27. The van der Waals surface area contributed by atoms with Gasteiger partial charge in [-0.15, -0.1) is 0 Å². The van der Waals surface area contributed by atoms with Crippen LogP contribution in [0.25, 0.3) is 21.0 Å². The molecule has 0 spiro atoms. The van der Waals surface area contributed by atoms with Crippen LogP contribution >= 0.6 is 11.3 Å². The van der Waals surface area contributed by atoms with E-state index >= 15 is 0 Å². The zero-order valence-electron chi connectivity index (χ0n) is 12.2. The van der Waals surface area contributed by atoms with Crippen LogP contribution in [0.1, 0.15) is 10.4 Å². The van der Waals surface area contributed by atoms with Crippen LogP contribution < -0.4 is 5.32 Å². The van der Waals surface area contributed by atoms with Gasteiger partial charge in [-0.05, 0) is 23.6 Å². The molecule has 0 aliphatic carbocycles. The lowest BCUT2D eigenvalue weighted by molar-refractivity contribution is 0.101. The number of amides is 1. The minimum absolute atomic E-state index is 0.300. The predicted octanol–water partition coefficient (Wildman–Crippen LogP) is 4.98. The van der Waals surface area contributed by atoms with Crippen molar-refractivity contribution in [3.8, 4) is 0 Å². The highest BCUT2D eigenvalue weighted by Gasteiger charge is 2.18. The molecule has 0 aliphatic rings. The quantitative estimate of drug-likeness (QED) is 0.559. The Morgan fingerprint density at radius 1 is 0.958 bits per heavy atom. The molecule has 3 nitrogen and oxygen atoms in total. The van der Waals surface area contributed by atoms with Crippen molar-refractivity contribution in [1.82, 2.24) is 4.98 Å². The highest BCUT2D eigenvalue weighted by atomic mass is 32.1. The van der Waals surface area contributed by atoms with Gasteiger partial charge >= 0.3 is 0 Å². The molecule has 1 heterocycles. The highest BCUT2D eigenvalue weighted by molar-refractivity contribution is 7.23. The molecule has 0 atom stereocenters. The Morgan fingerprint density at radius 2 is 1.71 bits per heavy atom. The van der Waals surface area contributed by atoms with Gasteiger partial charge in [-0.2, -0.15) is 0 Å². The van der Waals surface area contributed by atoms with E-state index in [1.165, 1.54) is 17.4 Å². The second-order valence-corrected chi connectivity index (χ2v) is 6.20. The van der Waals surface area contributed by atoms with Crippen LogP contribution in [-0.4, -0.2) is 10.9 Å². The standard InChI is InChI=1S/C18H10F2N2OS/c19-12-6-3-7-13(20)15(12)17(23)22-18-21-14-9-8-10-4-1-2-5-11(10)16(14)24-18/h1-9H,(H,21,22,23). The zero-order chi connectivity index (χ0) is 16.7. The fraction of sp³-hybridized carbons (Fsp3) is 0. The molecule has 0 bridgehead atoms. The lowest BCUT2D eigenvalue weighted by Crippen LogP contribution is -2.15. The minimum atomic E-state index is -0.904. The summed E-state index contributed by atoms with van der Waals surface area (Å²) in [6.45, 7) is 0. The maximum Gasteiger partial charge on any atom is 0.263 e. The highest BCUT2D eigenvalue weighted by Crippen LogP contribution is 2.32. The molecule has 1 amide bonds. The molecular weight excluding hydrogens is 330 g/mol. The number of hydrogen-bond donors (Lipinski definition) is 1. The van der Waals surface area contributed by atoms with Crippen molar-refractivity contribution in [2.75, 3.05) is 5.32 Å². The minimum Gasteiger partial charge on any atom is -0.298 e. The van der Waals surface area contributed by atoms with E-state index in [1.54, 1.807) is 0 Å². The number of rotatable bonds is 2. The van der Waals surface area contributed by atoms with E-state index in [0.29, 0.717) is 5.13 Å². The van der Waals surface area contributed by atoms with Crippen molar-refractivity contribution >= 4 is 43.4 Å². The summed E-state index contributed by atoms with van der Waals surface area (Å²) in [4.78, 5) is 16.5. The van der Waals surface area contributed by atoms with Crippen molar-refractivity contribution in [2.45, 2.75) is 0 Å². The zero-order valence-corrected chi connectivity index (χ0v) is 13.0. The van der Waals surface area contributed by atoms with Gasteiger partial charge in [0, 0.05) is 5.39 Å². The van der Waals surface area contributed by atoms with Crippen molar-refractivity contribution in [1.29, 1.82) is 0 Å². The van der Waals surface area contributed by atoms with E-state index in [4.69, 9.17) is 0 Å². The molecular formula is C18H10F2N2OS.